The molecule has 0 atom stereocenters. The summed E-state index contributed by atoms with van der Waals surface area (Å²) >= 11 is 0. The summed E-state index contributed by atoms with van der Waals surface area (Å²) in [5, 5.41) is 4.43. The van der Waals surface area contributed by atoms with E-state index in [0.717, 1.165) is 11.1 Å². The number of hydrogen-bond donors (Lipinski definition) is 2. The van der Waals surface area contributed by atoms with Gasteiger partial charge < -0.3 is 10.6 Å². The lowest BCUT2D eigenvalue weighted by molar-refractivity contribution is -0.123. The highest BCUT2D eigenvalue weighted by atomic mass is 19.4. The van der Waals surface area contributed by atoms with Gasteiger partial charge in [0.2, 0.25) is 0 Å². The number of rotatable bonds is 4. The third-order valence-electron chi connectivity index (χ3n) is 3.46. The number of benzene rings is 2. The number of carbonyl (C=O) groups is 2. The molecule has 0 fully saturated rings. The lowest BCUT2D eigenvalue weighted by atomic mass is 10.0. The highest BCUT2D eigenvalue weighted by molar-refractivity contribution is 6.06. The van der Waals surface area contributed by atoms with Crippen LogP contribution in [0.3, 0.4) is 0 Å². The topological polar surface area (TPSA) is 58.2 Å². The maximum atomic E-state index is 12.3. The molecule has 0 saturated heterocycles. The fourth-order valence-electron chi connectivity index (χ4n) is 2.29. The van der Waals surface area contributed by atoms with Crippen LogP contribution in [0.25, 0.3) is 0 Å². The van der Waals surface area contributed by atoms with Gasteiger partial charge in [-0.2, -0.15) is 13.2 Å². The van der Waals surface area contributed by atoms with Crippen molar-refractivity contribution >= 4 is 17.5 Å². The van der Waals surface area contributed by atoms with E-state index in [4.69, 9.17) is 0 Å². The maximum absolute atomic E-state index is 12.3. The maximum Gasteiger partial charge on any atom is 0.405 e. The fourth-order valence-corrected chi connectivity index (χ4v) is 2.29. The van der Waals surface area contributed by atoms with Crippen molar-refractivity contribution < 1.29 is 22.8 Å². The van der Waals surface area contributed by atoms with E-state index in [9.17, 15) is 22.8 Å². The highest BCUT2D eigenvalue weighted by Crippen LogP contribution is 2.16. The van der Waals surface area contributed by atoms with E-state index in [1.165, 1.54) is 18.2 Å². The number of amides is 2. The molecule has 2 aromatic rings. The summed E-state index contributed by atoms with van der Waals surface area (Å²) < 4.78 is 36.5. The van der Waals surface area contributed by atoms with Crippen LogP contribution in [-0.2, 0) is 0 Å². The molecule has 2 aromatic carbocycles. The molecule has 0 aliphatic rings. The van der Waals surface area contributed by atoms with Crippen molar-refractivity contribution in [2.75, 3.05) is 11.9 Å². The average Bonchev–Trinajstić information content (AvgIpc) is 2.52. The minimum Gasteiger partial charge on any atom is -0.343 e. The average molecular weight is 350 g/mol. The van der Waals surface area contributed by atoms with E-state index >= 15 is 0 Å². The predicted octanol–water partition coefficient (Wildman–Crippen LogP) is 3.85. The number of anilines is 1. The third kappa shape index (κ3) is 5.34. The molecule has 132 valence electrons. The van der Waals surface area contributed by atoms with Gasteiger partial charge >= 0.3 is 6.18 Å². The summed E-state index contributed by atoms with van der Waals surface area (Å²) in [6, 6.07) is 11.1. The van der Waals surface area contributed by atoms with Crippen molar-refractivity contribution in [3.05, 3.63) is 64.7 Å². The number of carbonyl (C=O) groups excluding carboxylic acids is 2. The molecule has 0 aliphatic heterocycles. The molecule has 0 heterocycles. The molecule has 0 radical (unpaired) electrons. The molecule has 7 heteroatoms. The molecule has 4 nitrogen and oxygen atoms in total. The normalized spacial score (nSPS) is 11.1. The van der Waals surface area contributed by atoms with Gasteiger partial charge in [0.1, 0.15) is 6.54 Å². The summed E-state index contributed by atoms with van der Waals surface area (Å²) in [5.74, 6) is -1.22. The first kappa shape index (κ1) is 18.5. The minimum absolute atomic E-state index is 0.0303. The Morgan fingerprint density at radius 2 is 1.72 bits per heavy atom. The third-order valence-corrected chi connectivity index (χ3v) is 3.46. The van der Waals surface area contributed by atoms with E-state index < -0.39 is 18.6 Å². The molecular formula is C18H17F3N2O2. The zero-order chi connectivity index (χ0) is 18.6. The van der Waals surface area contributed by atoms with Crippen molar-refractivity contribution in [1.29, 1.82) is 0 Å². The molecular weight excluding hydrogens is 333 g/mol. The largest absolute Gasteiger partial charge is 0.405 e. The van der Waals surface area contributed by atoms with Crippen LogP contribution in [0.2, 0.25) is 0 Å². The standard InChI is InChI=1S/C18H17F3N2O2/c1-11-6-7-15(12(2)8-11)17(25)23-14-5-3-4-13(9-14)16(24)22-10-18(19,20)21/h3-9H,10H2,1-2H3,(H,22,24)(H,23,25). The Morgan fingerprint density at radius 1 is 1.00 bits per heavy atom. The van der Waals surface area contributed by atoms with Crippen LogP contribution in [0.4, 0.5) is 18.9 Å². The molecule has 25 heavy (non-hydrogen) atoms. The molecule has 2 N–H and O–H groups in total. The van der Waals surface area contributed by atoms with Crippen molar-refractivity contribution in [2.45, 2.75) is 20.0 Å². The predicted molar refractivity (Wildman–Crippen MR) is 88.7 cm³/mol. The lowest BCUT2D eigenvalue weighted by Gasteiger charge is -2.11. The first-order chi connectivity index (χ1) is 11.7. The van der Waals surface area contributed by atoms with Crippen molar-refractivity contribution in [3.8, 4) is 0 Å². The molecule has 2 rings (SSSR count). The van der Waals surface area contributed by atoms with E-state index in [0.29, 0.717) is 11.3 Å². The Labute approximate surface area is 143 Å². The number of halogens is 3. The molecule has 0 aliphatic carbocycles. The lowest BCUT2D eigenvalue weighted by Crippen LogP contribution is -2.33. The second kappa shape index (κ2) is 7.38. The Bertz CT molecular complexity index is 801. The SMILES string of the molecule is Cc1ccc(C(=O)Nc2cccc(C(=O)NCC(F)(F)F)c2)c(C)c1. The summed E-state index contributed by atoms with van der Waals surface area (Å²) in [5.41, 5.74) is 2.67. The minimum atomic E-state index is -4.48. The zero-order valence-electron chi connectivity index (χ0n) is 13.7. The highest BCUT2D eigenvalue weighted by Gasteiger charge is 2.27. The van der Waals surface area contributed by atoms with Crippen LogP contribution in [0, 0.1) is 13.8 Å². The molecule has 2 amide bonds. The van der Waals surface area contributed by atoms with Crippen LogP contribution in [0.5, 0.6) is 0 Å². The monoisotopic (exact) mass is 350 g/mol. The van der Waals surface area contributed by atoms with Gasteiger partial charge in [-0.15, -0.1) is 0 Å². The summed E-state index contributed by atoms with van der Waals surface area (Å²) in [6.45, 7) is 2.31. The van der Waals surface area contributed by atoms with Crippen molar-refractivity contribution in [3.63, 3.8) is 0 Å². The summed E-state index contributed by atoms with van der Waals surface area (Å²) in [7, 11) is 0. The van der Waals surface area contributed by atoms with Gasteiger partial charge in [0.25, 0.3) is 11.8 Å². The van der Waals surface area contributed by atoms with Crippen LogP contribution in [0.15, 0.2) is 42.5 Å². The fraction of sp³-hybridized carbons (Fsp3) is 0.222. The van der Waals surface area contributed by atoms with Gasteiger partial charge in [-0.3, -0.25) is 9.59 Å². The smallest absolute Gasteiger partial charge is 0.343 e. The quantitative estimate of drug-likeness (QED) is 0.880. The number of alkyl halides is 3. The van der Waals surface area contributed by atoms with Crippen LogP contribution in [0.1, 0.15) is 31.8 Å². The first-order valence-electron chi connectivity index (χ1n) is 7.49. The number of aryl methyl sites for hydroxylation is 2. The van der Waals surface area contributed by atoms with Gasteiger partial charge in [-0.1, -0.05) is 23.8 Å². The van der Waals surface area contributed by atoms with Crippen LogP contribution >= 0.6 is 0 Å². The molecule has 0 bridgehead atoms. The van der Waals surface area contributed by atoms with Crippen molar-refractivity contribution in [2.24, 2.45) is 0 Å². The molecule has 0 unspecified atom stereocenters. The van der Waals surface area contributed by atoms with Gasteiger partial charge in [0, 0.05) is 16.8 Å². The molecule has 0 aromatic heterocycles. The van der Waals surface area contributed by atoms with Gasteiger partial charge in [-0.25, -0.2) is 0 Å². The van der Waals surface area contributed by atoms with Crippen LogP contribution < -0.4 is 10.6 Å². The zero-order valence-corrected chi connectivity index (χ0v) is 13.7. The van der Waals surface area contributed by atoms with E-state index in [-0.39, 0.29) is 11.5 Å². The van der Waals surface area contributed by atoms with Gasteiger partial charge in [-0.05, 0) is 43.7 Å². The van der Waals surface area contributed by atoms with Crippen LogP contribution in [-0.4, -0.2) is 24.5 Å². The Kier molecular flexibility index (Phi) is 5.46. The van der Waals surface area contributed by atoms with Gasteiger partial charge in [0.15, 0.2) is 0 Å². The van der Waals surface area contributed by atoms with Gasteiger partial charge in [0.05, 0.1) is 0 Å². The number of hydrogen-bond acceptors (Lipinski definition) is 2. The first-order valence-corrected chi connectivity index (χ1v) is 7.49. The Morgan fingerprint density at radius 3 is 2.36 bits per heavy atom. The molecule has 0 spiro atoms. The van der Waals surface area contributed by atoms with E-state index in [2.05, 4.69) is 5.32 Å². The Hall–Kier alpha value is -2.83. The number of nitrogens with one attached hydrogen (secondary N) is 2. The second-order valence-corrected chi connectivity index (χ2v) is 5.65. The van der Waals surface area contributed by atoms with E-state index in [1.54, 1.807) is 17.4 Å². The van der Waals surface area contributed by atoms with E-state index in [1.807, 2.05) is 26.0 Å². The molecule has 0 saturated carbocycles. The summed E-state index contributed by atoms with van der Waals surface area (Å²) in [4.78, 5) is 24.1. The van der Waals surface area contributed by atoms with Crippen molar-refractivity contribution in [1.82, 2.24) is 5.32 Å². The second-order valence-electron chi connectivity index (χ2n) is 5.65. The Balaban J connectivity index is 2.10. The summed E-state index contributed by atoms with van der Waals surface area (Å²) in [6.07, 6.45) is -4.48.